The SMILES string of the molecule is Cn1c(-c2cc3ccc4[nH]ccc4c3n2CC2CC2)nc2cc(C(=O)O)cc(F)c21. The van der Waals surface area contributed by atoms with Gasteiger partial charge in [-0.1, -0.05) is 6.07 Å². The van der Waals surface area contributed by atoms with Crippen molar-refractivity contribution < 1.29 is 14.3 Å². The maximum atomic E-state index is 14.8. The minimum atomic E-state index is -1.17. The Morgan fingerprint density at radius 1 is 1.23 bits per heavy atom. The van der Waals surface area contributed by atoms with Crippen molar-refractivity contribution in [2.24, 2.45) is 13.0 Å². The third-order valence-electron chi connectivity index (χ3n) is 6.13. The molecule has 6 rings (SSSR count). The number of aryl methyl sites for hydroxylation is 1. The fourth-order valence-corrected chi connectivity index (χ4v) is 4.48. The van der Waals surface area contributed by atoms with Gasteiger partial charge < -0.3 is 19.2 Å². The molecule has 0 bridgehead atoms. The molecule has 150 valence electrons. The van der Waals surface area contributed by atoms with Gasteiger partial charge in [0.1, 0.15) is 11.3 Å². The van der Waals surface area contributed by atoms with Crippen molar-refractivity contribution >= 4 is 38.8 Å². The number of benzene rings is 2. The van der Waals surface area contributed by atoms with Gasteiger partial charge in [0.25, 0.3) is 0 Å². The summed E-state index contributed by atoms with van der Waals surface area (Å²) in [7, 11) is 1.78. The zero-order valence-electron chi connectivity index (χ0n) is 16.3. The highest BCUT2D eigenvalue weighted by Gasteiger charge is 2.26. The molecule has 0 unspecified atom stereocenters. The highest BCUT2D eigenvalue weighted by Crippen LogP contribution is 2.38. The van der Waals surface area contributed by atoms with E-state index in [9.17, 15) is 14.3 Å². The van der Waals surface area contributed by atoms with Gasteiger partial charge in [-0.2, -0.15) is 0 Å². The van der Waals surface area contributed by atoms with Gasteiger partial charge in [-0.05, 0) is 49.1 Å². The molecule has 7 heteroatoms. The molecule has 2 aromatic carbocycles. The first kappa shape index (κ1) is 17.3. The average molecular weight is 402 g/mol. The van der Waals surface area contributed by atoms with E-state index in [0.717, 1.165) is 40.1 Å². The number of carboxylic acids is 1. The van der Waals surface area contributed by atoms with Crippen LogP contribution in [0.5, 0.6) is 0 Å². The van der Waals surface area contributed by atoms with E-state index in [1.54, 1.807) is 11.6 Å². The second-order valence-corrected chi connectivity index (χ2v) is 8.15. The Hall–Kier alpha value is -3.61. The van der Waals surface area contributed by atoms with Gasteiger partial charge in [-0.3, -0.25) is 0 Å². The number of imidazole rings is 1. The molecular formula is C23H19FN4O2. The standard InChI is InChI=1S/C23H19FN4O2/c1-27-21-16(24)8-14(23(29)30)9-18(21)26-22(27)19-10-13-4-5-17-15(6-7-25-17)20(13)28(19)11-12-2-3-12/h4-10,12,25H,2-3,11H2,1H3,(H,29,30). The van der Waals surface area contributed by atoms with E-state index in [2.05, 4.69) is 38.8 Å². The number of fused-ring (bicyclic) bond motifs is 4. The summed E-state index contributed by atoms with van der Waals surface area (Å²) in [6, 6.07) is 10.8. The molecule has 0 atom stereocenters. The molecule has 0 amide bonds. The largest absolute Gasteiger partial charge is 0.478 e. The van der Waals surface area contributed by atoms with Crippen LogP contribution >= 0.6 is 0 Å². The van der Waals surface area contributed by atoms with Crippen molar-refractivity contribution in [2.45, 2.75) is 19.4 Å². The van der Waals surface area contributed by atoms with Crippen molar-refractivity contribution in [1.82, 2.24) is 19.1 Å². The van der Waals surface area contributed by atoms with Crippen LogP contribution < -0.4 is 0 Å². The van der Waals surface area contributed by atoms with E-state index < -0.39 is 11.8 Å². The zero-order chi connectivity index (χ0) is 20.6. The van der Waals surface area contributed by atoms with Gasteiger partial charge in [0.2, 0.25) is 0 Å². The monoisotopic (exact) mass is 402 g/mol. The van der Waals surface area contributed by atoms with Crippen molar-refractivity contribution in [1.29, 1.82) is 0 Å². The fourth-order valence-electron chi connectivity index (χ4n) is 4.48. The first-order chi connectivity index (χ1) is 14.5. The maximum Gasteiger partial charge on any atom is 0.335 e. The first-order valence-electron chi connectivity index (χ1n) is 10.00. The average Bonchev–Trinajstić information content (AvgIpc) is 3.13. The minimum Gasteiger partial charge on any atom is -0.478 e. The van der Waals surface area contributed by atoms with Gasteiger partial charge in [0.05, 0.1) is 22.3 Å². The quantitative estimate of drug-likeness (QED) is 0.448. The summed E-state index contributed by atoms with van der Waals surface area (Å²) in [5, 5.41) is 11.5. The molecule has 0 radical (unpaired) electrons. The lowest BCUT2D eigenvalue weighted by atomic mass is 10.2. The molecule has 6 nitrogen and oxygen atoms in total. The number of H-pyrrole nitrogens is 1. The van der Waals surface area contributed by atoms with Crippen molar-refractivity contribution in [3.63, 3.8) is 0 Å². The fraction of sp³-hybridized carbons (Fsp3) is 0.217. The van der Waals surface area contributed by atoms with Crippen molar-refractivity contribution in [2.75, 3.05) is 0 Å². The van der Waals surface area contributed by atoms with E-state index >= 15 is 0 Å². The van der Waals surface area contributed by atoms with E-state index in [-0.39, 0.29) is 5.56 Å². The molecule has 0 saturated heterocycles. The smallest absolute Gasteiger partial charge is 0.335 e. The molecule has 1 fully saturated rings. The molecular weight excluding hydrogens is 383 g/mol. The number of nitrogens with one attached hydrogen (secondary N) is 1. The molecule has 1 aliphatic rings. The van der Waals surface area contributed by atoms with E-state index in [1.165, 1.54) is 18.9 Å². The second-order valence-electron chi connectivity index (χ2n) is 8.15. The van der Waals surface area contributed by atoms with E-state index in [0.29, 0.717) is 22.8 Å². The molecule has 0 spiro atoms. The lowest BCUT2D eigenvalue weighted by molar-refractivity contribution is 0.0696. The molecule has 1 saturated carbocycles. The lowest BCUT2D eigenvalue weighted by Gasteiger charge is -2.11. The maximum absolute atomic E-state index is 14.8. The van der Waals surface area contributed by atoms with E-state index in [1.807, 2.05) is 6.20 Å². The van der Waals surface area contributed by atoms with Gasteiger partial charge in [0, 0.05) is 36.1 Å². The van der Waals surface area contributed by atoms with Crippen LogP contribution in [0.15, 0.2) is 42.6 Å². The third kappa shape index (κ3) is 2.41. The number of aromatic carboxylic acids is 1. The number of halogens is 1. The summed E-state index contributed by atoms with van der Waals surface area (Å²) in [4.78, 5) is 19.3. The topological polar surface area (TPSA) is 75.8 Å². The number of aromatic amines is 1. The molecule has 2 N–H and O–H groups in total. The Labute approximate surface area is 170 Å². The van der Waals surface area contributed by atoms with Crippen LogP contribution in [0.4, 0.5) is 4.39 Å². The van der Waals surface area contributed by atoms with Crippen molar-refractivity contribution in [3.8, 4) is 11.5 Å². The summed E-state index contributed by atoms with van der Waals surface area (Å²) < 4.78 is 18.8. The summed E-state index contributed by atoms with van der Waals surface area (Å²) in [6.07, 6.45) is 4.36. The van der Waals surface area contributed by atoms with Gasteiger partial charge >= 0.3 is 5.97 Å². The zero-order valence-corrected chi connectivity index (χ0v) is 16.3. The van der Waals surface area contributed by atoms with Crippen LogP contribution in [-0.4, -0.2) is 30.2 Å². The number of nitrogens with zero attached hydrogens (tertiary/aromatic N) is 3. The Morgan fingerprint density at radius 3 is 2.83 bits per heavy atom. The highest BCUT2D eigenvalue weighted by atomic mass is 19.1. The molecule has 1 aliphatic carbocycles. The normalized spacial score (nSPS) is 14.3. The highest BCUT2D eigenvalue weighted by molar-refractivity contribution is 6.07. The summed E-state index contributed by atoms with van der Waals surface area (Å²) in [6.45, 7) is 0.884. The predicted octanol–water partition coefficient (Wildman–Crippen LogP) is 4.92. The summed E-state index contributed by atoms with van der Waals surface area (Å²) >= 11 is 0. The Morgan fingerprint density at radius 2 is 2.07 bits per heavy atom. The molecule has 30 heavy (non-hydrogen) atoms. The third-order valence-corrected chi connectivity index (χ3v) is 6.13. The van der Waals surface area contributed by atoms with Gasteiger partial charge in [-0.25, -0.2) is 14.2 Å². The molecule has 3 heterocycles. The predicted molar refractivity (Wildman–Crippen MR) is 113 cm³/mol. The Balaban J connectivity index is 1.66. The number of hydrogen-bond acceptors (Lipinski definition) is 2. The van der Waals surface area contributed by atoms with Gasteiger partial charge in [-0.15, -0.1) is 0 Å². The van der Waals surface area contributed by atoms with Crippen LogP contribution in [0.1, 0.15) is 23.2 Å². The molecule has 3 aromatic heterocycles. The number of aromatic nitrogens is 4. The lowest BCUT2D eigenvalue weighted by Crippen LogP contribution is -2.05. The van der Waals surface area contributed by atoms with Gasteiger partial charge in [0.15, 0.2) is 5.82 Å². The number of carbonyl (C=O) groups is 1. The van der Waals surface area contributed by atoms with Crippen LogP contribution in [-0.2, 0) is 13.6 Å². The molecule has 0 aliphatic heterocycles. The number of rotatable bonds is 4. The van der Waals surface area contributed by atoms with E-state index in [4.69, 9.17) is 0 Å². The first-order valence-corrected chi connectivity index (χ1v) is 10.00. The Kier molecular flexibility index (Phi) is 3.42. The van der Waals surface area contributed by atoms with Crippen LogP contribution in [0.3, 0.4) is 0 Å². The van der Waals surface area contributed by atoms with Crippen LogP contribution in [0.2, 0.25) is 0 Å². The number of hydrogen-bond donors (Lipinski definition) is 2. The minimum absolute atomic E-state index is 0.0998. The van der Waals surface area contributed by atoms with Crippen LogP contribution in [0.25, 0.3) is 44.4 Å². The Bertz CT molecular complexity index is 1490. The summed E-state index contributed by atoms with van der Waals surface area (Å²) in [5.74, 6) is -0.477. The second kappa shape index (κ2) is 5.95. The van der Waals surface area contributed by atoms with Crippen LogP contribution in [0, 0.1) is 11.7 Å². The van der Waals surface area contributed by atoms with Crippen molar-refractivity contribution in [3.05, 3.63) is 54.0 Å². The number of carboxylic acid groups (broad SMARTS) is 1. The summed E-state index contributed by atoms with van der Waals surface area (Å²) in [5.41, 5.74) is 3.70. The molecule has 5 aromatic rings.